The first kappa shape index (κ1) is 15.6. The van der Waals surface area contributed by atoms with Crippen molar-refractivity contribution in [3.63, 3.8) is 0 Å². The third kappa shape index (κ3) is 3.06. The summed E-state index contributed by atoms with van der Waals surface area (Å²) in [6.07, 6.45) is 3.33. The molecule has 0 aliphatic carbocycles. The molecular weight excluding hydrogens is 334 g/mol. The predicted octanol–water partition coefficient (Wildman–Crippen LogP) is 4.39. The van der Waals surface area contributed by atoms with Crippen LogP contribution in [0.1, 0.15) is 11.1 Å². The summed E-state index contributed by atoms with van der Waals surface area (Å²) in [5.74, 6) is 0.764. The number of benzene rings is 2. The molecule has 0 atom stereocenters. The van der Waals surface area contributed by atoms with Crippen molar-refractivity contribution in [3.8, 4) is 5.69 Å². The summed E-state index contributed by atoms with van der Waals surface area (Å²) < 4.78 is 1.80. The van der Waals surface area contributed by atoms with Gasteiger partial charge in [-0.1, -0.05) is 48.0 Å². The minimum Gasteiger partial charge on any atom is -0.365 e. The second-order valence-corrected chi connectivity index (χ2v) is 6.22. The van der Waals surface area contributed by atoms with Crippen molar-refractivity contribution in [2.24, 2.45) is 0 Å². The van der Waals surface area contributed by atoms with Crippen molar-refractivity contribution >= 4 is 28.5 Å². The zero-order chi connectivity index (χ0) is 17.2. The van der Waals surface area contributed by atoms with E-state index in [4.69, 9.17) is 11.6 Å². The van der Waals surface area contributed by atoms with Gasteiger partial charge in [0.25, 0.3) is 0 Å². The first-order valence-corrected chi connectivity index (χ1v) is 8.33. The highest BCUT2D eigenvalue weighted by Gasteiger charge is 2.12. The zero-order valence-corrected chi connectivity index (χ0v) is 14.4. The van der Waals surface area contributed by atoms with Crippen LogP contribution in [0.4, 0.5) is 5.82 Å². The first-order valence-electron chi connectivity index (χ1n) is 7.95. The molecule has 0 aliphatic rings. The second-order valence-electron chi connectivity index (χ2n) is 5.79. The summed E-state index contributed by atoms with van der Waals surface area (Å²) >= 11 is 6.15. The van der Waals surface area contributed by atoms with Gasteiger partial charge in [0.2, 0.25) is 0 Å². The van der Waals surface area contributed by atoms with Gasteiger partial charge in [0.15, 0.2) is 5.65 Å². The maximum atomic E-state index is 6.15. The lowest BCUT2D eigenvalue weighted by Gasteiger charge is -2.09. The molecule has 124 valence electrons. The fourth-order valence-electron chi connectivity index (χ4n) is 2.75. The number of rotatable bonds is 4. The summed E-state index contributed by atoms with van der Waals surface area (Å²) in [5.41, 5.74) is 3.92. The van der Waals surface area contributed by atoms with Crippen molar-refractivity contribution in [2.75, 3.05) is 5.32 Å². The van der Waals surface area contributed by atoms with Gasteiger partial charge in [-0.05, 0) is 30.2 Å². The summed E-state index contributed by atoms with van der Waals surface area (Å²) in [5, 5.41) is 9.40. The van der Waals surface area contributed by atoms with Crippen LogP contribution < -0.4 is 5.32 Å². The standard InChI is InChI=1S/C19H16ClN5/c1-13-7-8-15(20)9-17(13)25-19-16(11-24-25)18(22-12-23-19)21-10-14-5-3-2-4-6-14/h2-9,11-12H,10H2,1H3,(H,21,22,23). The van der Waals surface area contributed by atoms with Crippen molar-refractivity contribution in [3.05, 3.63) is 77.2 Å². The first-order chi connectivity index (χ1) is 12.2. The Morgan fingerprint density at radius 2 is 1.92 bits per heavy atom. The number of aryl methyl sites for hydroxylation is 1. The Hall–Kier alpha value is -2.92. The molecular formula is C19H16ClN5. The Balaban J connectivity index is 1.72. The van der Waals surface area contributed by atoms with E-state index in [-0.39, 0.29) is 0 Å². The molecule has 0 saturated heterocycles. The molecule has 0 saturated carbocycles. The molecule has 4 aromatic rings. The van der Waals surface area contributed by atoms with Crippen LogP contribution in [0.2, 0.25) is 5.02 Å². The van der Waals surface area contributed by atoms with Crippen LogP contribution in [-0.4, -0.2) is 19.7 Å². The highest BCUT2D eigenvalue weighted by Crippen LogP contribution is 2.25. The fourth-order valence-corrected chi connectivity index (χ4v) is 2.92. The fraction of sp³-hybridized carbons (Fsp3) is 0.105. The summed E-state index contributed by atoms with van der Waals surface area (Å²) in [6.45, 7) is 2.71. The van der Waals surface area contributed by atoms with Crippen molar-refractivity contribution < 1.29 is 0 Å². The minimum absolute atomic E-state index is 0.667. The van der Waals surface area contributed by atoms with Gasteiger partial charge >= 0.3 is 0 Å². The van der Waals surface area contributed by atoms with Gasteiger partial charge in [0, 0.05) is 11.6 Å². The lowest BCUT2D eigenvalue weighted by atomic mass is 10.2. The number of aromatic nitrogens is 4. The summed E-state index contributed by atoms with van der Waals surface area (Å²) in [6, 6.07) is 15.9. The quantitative estimate of drug-likeness (QED) is 0.593. The Morgan fingerprint density at radius 3 is 2.76 bits per heavy atom. The topological polar surface area (TPSA) is 55.6 Å². The molecule has 2 aromatic heterocycles. The molecule has 0 radical (unpaired) electrons. The Morgan fingerprint density at radius 1 is 1.08 bits per heavy atom. The van der Waals surface area contributed by atoms with E-state index in [0.717, 1.165) is 28.1 Å². The molecule has 2 aromatic carbocycles. The molecule has 1 N–H and O–H groups in total. The normalized spacial score (nSPS) is 11.0. The van der Waals surface area contributed by atoms with Gasteiger partial charge in [0.05, 0.1) is 17.3 Å². The SMILES string of the molecule is Cc1ccc(Cl)cc1-n1ncc2c(NCc3ccccc3)ncnc21. The molecule has 6 heteroatoms. The van der Waals surface area contributed by atoms with E-state index >= 15 is 0 Å². The van der Waals surface area contributed by atoms with Gasteiger partial charge in [-0.2, -0.15) is 5.10 Å². The Labute approximate surface area is 150 Å². The van der Waals surface area contributed by atoms with Gasteiger partial charge < -0.3 is 5.32 Å². The molecule has 4 rings (SSSR count). The lowest BCUT2D eigenvalue weighted by Crippen LogP contribution is -2.03. The van der Waals surface area contributed by atoms with Crippen LogP contribution in [0.3, 0.4) is 0 Å². The molecule has 0 aliphatic heterocycles. The molecule has 0 fully saturated rings. The molecule has 2 heterocycles. The number of hydrogen-bond donors (Lipinski definition) is 1. The molecule has 0 unspecified atom stereocenters. The van der Waals surface area contributed by atoms with E-state index in [0.29, 0.717) is 11.6 Å². The number of anilines is 1. The molecule has 0 bridgehead atoms. The van der Waals surface area contributed by atoms with E-state index in [2.05, 4.69) is 32.5 Å². The minimum atomic E-state index is 0.667. The lowest BCUT2D eigenvalue weighted by molar-refractivity contribution is 0.887. The third-order valence-electron chi connectivity index (χ3n) is 4.07. The van der Waals surface area contributed by atoms with Crippen LogP contribution in [0.25, 0.3) is 16.7 Å². The summed E-state index contributed by atoms with van der Waals surface area (Å²) in [7, 11) is 0. The van der Waals surface area contributed by atoms with E-state index in [1.54, 1.807) is 17.2 Å². The number of nitrogens with one attached hydrogen (secondary N) is 1. The van der Waals surface area contributed by atoms with Crippen LogP contribution in [0.15, 0.2) is 61.1 Å². The molecule has 0 spiro atoms. The van der Waals surface area contributed by atoms with E-state index in [9.17, 15) is 0 Å². The maximum absolute atomic E-state index is 6.15. The second kappa shape index (κ2) is 6.53. The zero-order valence-electron chi connectivity index (χ0n) is 13.6. The van der Waals surface area contributed by atoms with Crippen molar-refractivity contribution in [1.29, 1.82) is 0 Å². The van der Waals surface area contributed by atoms with E-state index < -0.39 is 0 Å². The number of nitrogens with zero attached hydrogens (tertiary/aromatic N) is 4. The Kier molecular flexibility index (Phi) is 4.07. The van der Waals surface area contributed by atoms with Gasteiger partial charge in [-0.15, -0.1) is 0 Å². The largest absolute Gasteiger partial charge is 0.365 e. The highest BCUT2D eigenvalue weighted by atomic mass is 35.5. The molecule has 25 heavy (non-hydrogen) atoms. The van der Waals surface area contributed by atoms with Crippen LogP contribution in [0.5, 0.6) is 0 Å². The van der Waals surface area contributed by atoms with E-state index in [1.165, 1.54) is 5.56 Å². The monoisotopic (exact) mass is 349 g/mol. The van der Waals surface area contributed by atoms with Gasteiger partial charge in [-0.3, -0.25) is 0 Å². The molecule has 0 amide bonds. The Bertz CT molecular complexity index is 1030. The highest BCUT2D eigenvalue weighted by molar-refractivity contribution is 6.30. The van der Waals surface area contributed by atoms with Crippen LogP contribution in [0, 0.1) is 6.92 Å². The van der Waals surface area contributed by atoms with Gasteiger partial charge in [0.1, 0.15) is 12.1 Å². The number of fused-ring (bicyclic) bond motifs is 1. The van der Waals surface area contributed by atoms with Crippen molar-refractivity contribution in [2.45, 2.75) is 13.5 Å². The summed E-state index contributed by atoms with van der Waals surface area (Å²) in [4.78, 5) is 8.78. The smallest absolute Gasteiger partial charge is 0.168 e. The average molecular weight is 350 g/mol. The molecule has 5 nitrogen and oxygen atoms in total. The van der Waals surface area contributed by atoms with Crippen LogP contribution >= 0.6 is 11.6 Å². The third-order valence-corrected chi connectivity index (χ3v) is 4.30. The average Bonchev–Trinajstić information content (AvgIpc) is 3.07. The van der Waals surface area contributed by atoms with Gasteiger partial charge in [-0.25, -0.2) is 14.6 Å². The number of hydrogen-bond acceptors (Lipinski definition) is 4. The van der Waals surface area contributed by atoms with E-state index in [1.807, 2.05) is 43.3 Å². The van der Waals surface area contributed by atoms with Crippen LogP contribution in [-0.2, 0) is 6.54 Å². The van der Waals surface area contributed by atoms with Crippen molar-refractivity contribution in [1.82, 2.24) is 19.7 Å². The predicted molar refractivity (Wildman–Crippen MR) is 100 cm³/mol. The number of halogens is 1. The maximum Gasteiger partial charge on any atom is 0.168 e.